The van der Waals surface area contributed by atoms with E-state index >= 15 is 0 Å². The molecule has 11 heavy (non-hydrogen) atoms. The lowest BCUT2D eigenvalue weighted by Crippen LogP contribution is -1.85. The molecule has 0 aliphatic carbocycles. The molecule has 0 aliphatic heterocycles. The van der Waals surface area contributed by atoms with Crippen molar-refractivity contribution < 1.29 is 4.39 Å². The lowest BCUT2D eigenvalue weighted by molar-refractivity contribution is 0.618. The van der Waals surface area contributed by atoms with Crippen LogP contribution in [0.1, 0.15) is 11.1 Å². The van der Waals surface area contributed by atoms with Gasteiger partial charge < -0.3 is 0 Å². The number of nitriles is 1. The Kier molecular flexibility index (Phi) is 2.11. The second kappa shape index (κ2) is 2.89. The highest BCUT2D eigenvalue weighted by molar-refractivity contribution is 6.31. The van der Waals surface area contributed by atoms with E-state index in [4.69, 9.17) is 16.9 Å². The zero-order chi connectivity index (χ0) is 8.43. The normalized spacial score (nSPS) is 9.27. The molecule has 0 N–H and O–H groups in total. The fraction of sp³-hybridized carbons (Fsp3) is 0.125. The second-order valence-electron chi connectivity index (χ2n) is 2.19. The molecule has 0 aromatic heterocycles. The van der Waals surface area contributed by atoms with Crippen molar-refractivity contribution in [2.45, 2.75) is 6.92 Å². The minimum atomic E-state index is -0.397. The largest absolute Gasteiger partial charge is 0.207 e. The van der Waals surface area contributed by atoms with Crippen molar-refractivity contribution in [3.8, 4) is 6.07 Å². The van der Waals surface area contributed by atoms with Gasteiger partial charge in [-0.1, -0.05) is 11.6 Å². The first-order valence-electron chi connectivity index (χ1n) is 3.01. The van der Waals surface area contributed by atoms with E-state index in [1.807, 2.05) is 0 Å². The standard InChI is InChI=1S/C8H5ClFN/c1-5-2-7(9)6(4-11)3-8(5)10/h2-3H,1H3. The Morgan fingerprint density at radius 2 is 2.18 bits per heavy atom. The molecular formula is C8H5ClFN. The summed E-state index contributed by atoms with van der Waals surface area (Å²) in [5.41, 5.74) is 0.628. The molecule has 0 aliphatic rings. The van der Waals surface area contributed by atoms with Crippen LogP contribution in [0, 0.1) is 24.1 Å². The van der Waals surface area contributed by atoms with Crippen LogP contribution < -0.4 is 0 Å². The Morgan fingerprint density at radius 1 is 1.55 bits per heavy atom. The van der Waals surface area contributed by atoms with Crippen LogP contribution in [0.25, 0.3) is 0 Å². The van der Waals surface area contributed by atoms with Crippen LogP contribution in [0.4, 0.5) is 4.39 Å². The molecule has 0 saturated carbocycles. The Labute approximate surface area is 69.0 Å². The third-order valence-electron chi connectivity index (χ3n) is 1.37. The van der Waals surface area contributed by atoms with Crippen molar-refractivity contribution in [3.05, 3.63) is 34.1 Å². The van der Waals surface area contributed by atoms with Crippen molar-refractivity contribution in [2.24, 2.45) is 0 Å². The molecule has 3 heteroatoms. The van der Waals surface area contributed by atoms with Gasteiger partial charge in [-0.05, 0) is 24.6 Å². The average molecular weight is 170 g/mol. The van der Waals surface area contributed by atoms with Crippen molar-refractivity contribution in [1.29, 1.82) is 5.26 Å². The topological polar surface area (TPSA) is 23.8 Å². The molecule has 0 amide bonds. The number of hydrogen-bond acceptors (Lipinski definition) is 1. The maximum atomic E-state index is 12.7. The molecule has 1 aromatic carbocycles. The summed E-state index contributed by atoms with van der Waals surface area (Å²) in [5, 5.41) is 8.73. The molecule has 0 bridgehead atoms. The summed E-state index contributed by atoms with van der Waals surface area (Å²) in [6.07, 6.45) is 0. The fourth-order valence-electron chi connectivity index (χ4n) is 0.732. The smallest absolute Gasteiger partial charge is 0.127 e. The van der Waals surface area contributed by atoms with E-state index in [1.165, 1.54) is 6.07 Å². The molecule has 0 atom stereocenters. The molecule has 0 fully saturated rings. The number of halogens is 2. The maximum absolute atomic E-state index is 12.7. The lowest BCUT2D eigenvalue weighted by atomic mass is 10.1. The van der Waals surface area contributed by atoms with Crippen LogP contribution in [0.3, 0.4) is 0 Å². The molecule has 56 valence electrons. The highest BCUT2D eigenvalue weighted by Crippen LogP contribution is 2.18. The molecule has 0 spiro atoms. The first-order valence-corrected chi connectivity index (χ1v) is 3.38. The summed E-state index contributed by atoms with van der Waals surface area (Å²) in [5.74, 6) is -0.397. The molecule has 1 nitrogen and oxygen atoms in total. The summed E-state index contributed by atoms with van der Waals surface area (Å²) < 4.78 is 12.7. The number of benzene rings is 1. The third kappa shape index (κ3) is 1.50. The van der Waals surface area contributed by atoms with E-state index in [9.17, 15) is 4.39 Å². The van der Waals surface area contributed by atoms with E-state index < -0.39 is 5.82 Å². The number of nitrogens with zero attached hydrogens (tertiary/aromatic N) is 1. The van der Waals surface area contributed by atoms with Gasteiger partial charge in [0, 0.05) is 0 Å². The predicted molar refractivity (Wildman–Crippen MR) is 40.9 cm³/mol. The van der Waals surface area contributed by atoms with Gasteiger partial charge in [0.2, 0.25) is 0 Å². The van der Waals surface area contributed by atoms with Crippen molar-refractivity contribution >= 4 is 11.6 Å². The quantitative estimate of drug-likeness (QED) is 0.586. The van der Waals surface area contributed by atoms with E-state index in [0.29, 0.717) is 10.6 Å². The highest BCUT2D eigenvalue weighted by Gasteiger charge is 2.03. The summed E-state index contributed by atoms with van der Waals surface area (Å²) in [6.45, 7) is 1.60. The van der Waals surface area contributed by atoms with E-state index in [-0.39, 0.29) is 5.56 Å². The second-order valence-corrected chi connectivity index (χ2v) is 2.60. The maximum Gasteiger partial charge on any atom is 0.127 e. The molecule has 0 radical (unpaired) electrons. The summed E-state index contributed by atoms with van der Waals surface area (Å²) in [4.78, 5) is 0. The van der Waals surface area contributed by atoms with Gasteiger partial charge in [-0.2, -0.15) is 5.26 Å². The first-order chi connectivity index (χ1) is 5.15. The Balaban J connectivity index is 3.35. The molecule has 0 unspecified atom stereocenters. The van der Waals surface area contributed by atoms with Crippen LogP contribution in [-0.2, 0) is 0 Å². The molecule has 0 saturated heterocycles. The fourth-order valence-corrected chi connectivity index (χ4v) is 0.992. The molecule has 1 aromatic rings. The highest BCUT2D eigenvalue weighted by atomic mass is 35.5. The lowest BCUT2D eigenvalue weighted by Gasteiger charge is -1.97. The summed E-state index contributed by atoms with van der Waals surface area (Å²) >= 11 is 5.61. The van der Waals surface area contributed by atoms with Gasteiger partial charge in [-0.3, -0.25) is 0 Å². The molecular weight excluding hydrogens is 165 g/mol. The predicted octanol–water partition coefficient (Wildman–Crippen LogP) is 2.66. The van der Waals surface area contributed by atoms with Gasteiger partial charge in [0.1, 0.15) is 11.9 Å². The van der Waals surface area contributed by atoms with Gasteiger partial charge in [0.15, 0.2) is 0 Å². The summed E-state index contributed by atoms with van der Waals surface area (Å²) in [7, 11) is 0. The SMILES string of the molecule is Cc1cc(Cl)c(C#N)cc1F. The molecule has 0 heterocycles. The zero-order valence-electron chi connectivity index (χ0n) is 5.86. The van der Waals surface area contributed by atoms with Crippen LogP contribution in [0.15, 0.2) is 12.1 Å². The van der Waals surface area contributed by atoms with E-state index in [1.54, 1.807) is 13.0 Å². The number of hydrogen-bond donors (Lipinski definition) is 0. The van der Waals surface area contributed by atoms with Gasteiger partial charge in [0.25, 0.3) is 0 Å². The van der Waals surface area contributed by atoms with Gasteiger partial charge in [0.05, 0.1) is 10.6 Å². The Bertz CT molecular complexity index is 328. The van der Waals surface area contributed by atoms with E-state index in [0.717, 1.165) is 6.07 Å². The number of aryl methyl sites for hydroxylation is 1. The van der Waals surface area contributed by atoms with Crippen LogP contribution in [0.2, 0.25) is 5.02 Å². The minimum absolute atomic E-state index is 0.176. The van der Waals surface area contributed by atoms with Crippen molar-refractivity contribution in [1.82, 2.24) is 0 Å². The zero-order valence-corrected chi connectivity index (χ0v) is 6.61. The van der Waals surface area contributed by atoms with Crippen LogP contribution in [0.5, 0.6) is 0 Å². The van der Waals surface area contributed by atoms with Crippen molar-refractivity contribution in [2.75, 3.05) is 0 Å². The van der Waals surface area contributed by atoms with Gasteiger partial charge in [-0.15, -0.1) is 0 Å². The minimum Gasteiger partial charge on any atom is -0.207 e. The molecule has 1 rings (SSSR count). The Hall–Kier alpha value is -1.07. The Morgan fingerprint density at radius 3 is 2.73 bits per heavy atom. The monoisotopic (exact) mass is 169 g/mol. The van der Waals surface area contributed by atoms with Gasteiger partial charge >= 0.3 is 0 Å². The first kappa shape index (κ1) is 8.03. The van der Waals surface area contributed by atoms with Crippen molar-refractivity contribution in [3.63, 3.8) is 0 Å². The average Bonchev–Trinajstić information content (AvgIpc) is 1.97. The summed E-state index contributed by atoms with van der Waals surface area (Å²) in [6, 6.07) is 4.37. The van der Waals surface area contributed by atoms with Crippen LogP contribution in [-0.4, -0.2) is 0 Å². The van der Waals surface area contributed by atoms with Gasteiger partial charge in [-0.25, -0.2) is 4.39 Å². The third-order valence-corrected chi connectivity index (χ3v) is 1.68. The van der Waals surface area contributed by atoms with E-state index in [2.05, 4.69) is 0 Å². The van der Waals surface area contributed by atoms with Crippen LogP contribution >= 0.6 is 11.6 Å². The number of rotatable bonds is 0.